The molecule has 8 heteroatoms. The molecule has 28 heavy (non-hydrogen) atoms. The number of para-hydroxylation sites is 1. The van der Waals surface area contributed by atoms with Crippen LogP contribution in [-0.4, -0.2) is 41.2 Å². The van der Waals surface area contributed by atoms with Crippen molar-refractivity contribution < 1.29 is 23.4 Å². The monoisotopic (exact) mass is 387 g/mol. The van der Waals surface area contributed by atoms with E-state index in [0.29, 0.717) is 16.9 Å². The van der Waals surface area contributed by atoms with E-state index in [1.54, 1.807) is 50.2 Å². The lowest BCUT2D eigenvalue weighted by Gasteiger charge is -2.39. The normalized spacial score (nSPS) is 18.4. The van der Waals surface area contributed by atoms with Gasteiger partial charge in [-0.05, 0) is 37.1 Å². The Morgan fingerprint density at radius 3 is 2.57 bits per heavy atom. The van der Waals surface area contributed by atoms with E-state index in [1.807, 2.05) is 0 Å². The number of carboxylic acids is 1. The number of aromatic nitrogens is 1. The minimum Gasteiger partial charge on any atom is -0.484 e. The molecule has 0 radical (unpaired) electrons. The summed E-state index contributed by atoms with van der Waals surface area (Å²) >= 11 is 0. The van der Waals surface area contributed by atoms with Gasteiger partial charge < -0.3 is 14.7 Å². The molecule has 1 aliphatic rings. The molecule has 0 amide bonds. The van der Waals surface area contributed by atoms with E-state index in [1.165, 1.54) is 4.90 Å². The lowest BCUT2D eigenvalue weighted by atomic mass is 9.99. The number of piperidine rings is 1. The number of hydrogen-bond donors (Lipinski definition) is 1. The molecule has 2 heterocycles. The summed E-state index contributed by atoms with van der Waals surface area (Å²) in [4.78, 5) is 16.9. The highest BCUT2D eigenvalue weighted by molar-refractivity contribution is 5.92. The van der Waals surface area contributed by atoms with Gasteiger partial charge in [0.15, 0.2) is 11.8 Å². The number of halogens is 2. The molecule has 146 valence electrons. The zero-order valence-electron chi connectivity index (χ0n) is 15.4. The van der Waals surface area contributed by atoms with E-state index in [0.717, 1.165) is 0 Å². The molecule has 0 spiro atoms. The van der Waals surface area contributed by atoms with Crippen LogP contribution < -0.4 is 9.64 Å². The van der Waals surface area contributed by atoms with E-state index in [4.69, 9.17) is 4.74 Å². The van der Waals surface area contributed by atoms with Crippen molar-refractivity contribution in [1.82, 2.24) is 4.98 Å². The number of alkyl halides is 2. The zero-order valence-corrected chi connectivity index (χ0v) is 15.4. The van der Waals surface area contributed by atoms with E-state index in [2.05, 4.69) is 4.98 Å². The van der Waals surface area contributed by atoms with Crippen LogP contribution in [0.5, 0.6) is 5.75 Å². The first-order chi connectivity index (χ1) is 13.2. The van der Waals surface area contributed by atoms with Crippen LogP contribution in [0.4, 0.5) is 14.6 Å². The summed E-state index contributed by atoms with van der Waals surface area (Å²) in [5, 5.41) is 18.6. The lowest BCUT2D eigenvalue weighted by Crippen LogP contribution is -2.54. The highest BCUT2D eigenvalue weighted by Crippen LogP contribution is 2.35. The van der Waals surface area contributed by atoms with Gasteiger partial charge in [-0.3, -0.25) is 0 Å². The first kappa shape index (κ1) is 19.5. The van der Waals surface area contributed by atoms with Crippen molar-refractivity contribution in [2.24, 2.45) is 0 Å². The third-order valence-corrected chi connectivity index (χ3v) is 4.90. The van der Waals surface area contributed by atoms with E-state index < -0.39 is 24.5 Å². The molecular weight excluding hydrogens is 368 g/mol. The predicted molar refractivity (Wildman–Crippen MR) is 98.0 cm³/mol. The molecule has 1 aromatic heterocycles. The number of aromatic carboxylic acids is 1. The smallest absolute Gasteiger partial charge is 0.338 e. The zero-order chi connectivity index (χ0) is 20.5. The Labute approximate surface area is 161 Å². The van der Waals surface area contributed by atoms with Crippen molar-refractivity contribution >= 4 is 11.8 Å². The predicted octanol–water partition coefficient (Wildman–Crippen LogP) is 3.56. The van der Waals surface area contributed by atoms with Gasteiger partial charge in [0.25, 0.3) is 0 Å². The topological polar surface area (TPSA) is 86.5 Å². The second-order valence-corrected chi connectivity index (χ2v) is 6.72. The highest BCUT2D eigenvalue weighted by Gasteiger charge is 2.47. The summed E-state index contributed by atoms with van der Waals surface area (Å²) in [5.41, 5.74) is 0.337. The number of nitriles is 1. The highest BCUT2D eigenvalue weighted by atomic mass is 19.3. The van der Waals surface area contributed by atoms with Crippen molar-refractivity contribution in [3.05, 3.63) is 52.7 Å². The van der Waals surface area contributed by atoms with Crippen LogP contribution in [0.3, 0.4) is 0 Å². The molecule has 1 saturated heterocycles. The molecule has 1 aliphatic heterocycles. The summed E-state index contributed by atoms with van der Waals surface area (Å²) in [6.07, 6.45) is -1.22. The molecular formula is C20H19F2N3O3. The fourth-order valence-electron chi connectivity index (χ4n) is 3.34. The second-order valence-electron chi connectivity index (χ2n) is 6.72. The Morgan fingerprint density at radius 2 is 2.00 bits per heavy atom. The third-order valence-electron chi connectivity index (χ3n) is 4.90. The molecule has 3 rings (SSSR count). The van der Waals surface area contributed by atoms with Gasteiger partial charge >= 0.3 is 11.9 Å². The van der Waals surface area contributed by atoms with Crippen molar-refractivity contribution in [1.29, 1.82) is 5.26 Å². The first-order valence-corrected chi connectivity index (χ1v) is 8.73. The van der Waals surface area contributed by atoms with Crippen LogP contribution in [0.2, 0.25) is 0 Å². The van der Waals surface area contributed by atoms with Crippen LogP contribution in [0.1, 0.15) is 33.6 Å². The molecule has 1 N–H and O–H groups in total. The molecule has 1 atom stereocenters. The summed E-state index contributed by atoms with van der Waals surface area (Å²) in [7, 11) is 0. The number of ether oxygens (including phenoxy) is 1. The SMILES string of the molecule is Cc1c(N2CCC(Oc3ccccc3)C(F)(F)C2)nc(C#N)c(C(=O)O)c1C. The number of anilines is 1. The van der Waals surface area contributed by atoms with Gasteiger partial charge in [-0.1, -0.05) is 18.2 Å². The Hall–Kier alpha value is -3.21. The summed E-state index contributed by atoms with van der Waals surface area (Å²) in [5.74, 6) is -3.83. The van der Waals surface area contributed by atoms with Crippen molar-refractivity contribution in [3.8, 4) is 11.8 Å². The number of hydrogen-bond acceptors (Lipinski definition) is 5. The Bertz CT molecular complexity index is 942. The van der Waals surface area contributed by atoms with Crippen LogP contribution in [0, 0.1) is 25.2 Å². The molecule has 0 aliphatic carbocycles. The summed E-state index contributed by atoms with van der Waals surface area (Å²) < 4.78 is 35.0. The van der Waals surface area contributed by atoms with Crippen molar-refractivity contribution in [2.45, 2.75) is 32.3 Å². The number of carbonyl (C=O) groups is 1. The molecule has 1 fully saturated rings. The van der Waals surface area contributed by atoms with E-state index in [-0.39, 0.29) is 30.0 Å². The number of nitrogens with zero attached hydrogens (tertiary/aromatic N) is 3. The van der Waals surface area contributed by atoms with Crippen LogP contribution >= 0.6 is 0 Å². The molecule has 1 unspecified atom stereocenters. The fourth-order valence-corrected chi connectivity index (χ4v) is 3.34. The minimum absolute atomic E-state index is 0.0601. The Kier molecular flexibility index (Phi) is 5.18. The molecule has 1 aromatic carbocycles. The maximum Gasteiger partial charge on any atom is 0.338 e. The fraction of sp³-hybridized carbons (Fsp3) is 0.350. The molecule has 0 bridgehead atoms. The summed E-state index contributed by atoms with van der Waals surface area (Å²) in [6, 6.07) is 10.2. The standard InChI is InChI=1S/C20H19F2N3O3/c1-12-13(2)18(24-15(10-23)17(12)19(26)27)25-9-8-16(20(21,22)11-25)28-14-6-4-3-5-7-14/h3-7,16H,8-9,11H2,1-2H3,(H,26,27). The van der Waals surface area contributed by atoms with Gasteiger partial charge in [0.05, 0.1) is 12.1 Å². The molecule has 6 nitrogen and oxygen atoms in total. The maximum absolute atomic E-state index is 14.8. The first-order valence-electron chi connectivity index (χ1n) is 8.73. The van der Waals surface area contributed by atoms with Gasteiger partial charge in [0, 0.05) is 13.0 Å². The lowest BCUT2D eigenvalue weighted by molar-refractivity contribution is -0.101. The summed E-state index contributed by atoms with van der Waals surface area (Å²) in [6.45, 7) is 2.79. The van der Waals surface area contributed by atoms with Crippen LogP contribution in [0.25, 0.3) is 0 Å². The van der Waals surface area contributed by atoms with Gasteiger partial charge in [-0.2, -0.15) is 5.26 Å². The van der Waals surface area contributed by atoms with Gasteiger partial charge in [-0.25, -0.2) is 18.6 Å². The quantitative estimate of drug-likeness (QED) is 0.863. The number of carboxylic acid groups (broad SMARTS) is 1. The van der Waals surface area contributed by atoms with Crippen LogP contribution in [-0.2, 0) is 0 Å². The van der Waals surface area contributed by atoms with E-state index in [9.17, 15) is 23.9 Å². The maximum atomic E-state index is 14.8. The average Bonchev–Trinajstić information content (AvgIpc) is 2.65. The van der Waals surface area contributed by atoms with Crippen molar-refractivity contribution in [3.63, 3.8) is 0 Å². The molecule has 2 aromatic rings. The number of pyridine rings is 1. The van der Waals surface area contributed by atoms with Crippen LogP contribution in [0.15, 0.2) is 30.3 Å². The second kappa shape index (κ2) is 7.43. The van der Waals surface area contributed by atoms with Gasteiger partial charge in [-0.15, -0.1) is 0 Å². The molecule has 0 saturated carbocycles. The third kappa shape index (κ3) is 3.60. The van der Waals surface area contributed by atoms with E-state index >= 15 is 0 Å². The van der Waals surface area contributed by atoms with Gasteiger partial charge in [0.2, 0.25) is 0 Å². The number of rotatable bonds is 4. The average molecular weight is 387 g/mol. The number of benzene rings is 1. The Morgan fingerprint density at radius 1 is 1.32 bits per heavy atom. The van der Waals surface area contributed by atoms with Crippen molar-refractivity contribution in [2.75, 3.05) is 18.0 Å². The largest absolute Gasteiger partial charge is 0.484 e. The Balaban J connectivity index is 1.88. The minimum atomic E-state index is -3.14. The van der Waals surface area contributed by atoms with Gasteiger partial charge in [0.1, 0.15) is 17.6 Å².